The fourth-order valence-electron chi connectivity index (χ4n) is 2.69. The Balaban J connectivity index is 2.00. The molecule has 27 heavy (non-hydrogen) atoms. The molecule has 1 amide bonds. The maximum Gasteiger partial charge on any atom is 0.262 e. The van der Waals surface area contributed by atoms with Crippen LogP contribution in [0.3, 0.4) is 0 Å². The summed E-state index contributed by atoms with van der Waals surface area (Å²) in [6, 6.07) is 6.98. The fraction of sp³-hybridized carbons (Fsp3) is 0.235. The molecule has 2 aromatic rings. The fourth-order valence-corrected chi connectivity index (χ4v) is 4.43. The molecule has 10 heteroatoms. The van der Waals surface area contributed by atoms with Gasteiger partial charge >= 0.3 is 0 Å². The van der Waals surface area contributed by atoms with Crippen molar-refractivity contribution in [1.29, 1.82) is 0 Å². The molecule has 0 spiro atoms. The number of carbonyl (C=O) groups excluding carboxylic acids is 1. The highest BCUT2D eigenvalue weighted by Crippen LogP contribution is 2.37. The molecule has 0 bridgehead atoms. The third-order valence-electron chi connectivity index (χ3n) is 3.93. The van der Waals surface area contributed by atoms with Crippen LogP contribution in [0.15, 0.2) is 35.2 Å². The molecule has 0 fully saturated rings. The van der Waals surface area contributed by atoms with Gasteiger partial charge in [-0.05, 0) is 37.3 Å². The largest absolute Gasteiger partial charge is 0.487 e. The summed E-state index contributed by atoms with van der Waals surface area (Å²) in [6.45, 7) is 3.58. The summed E-state index contributed by atoms with van der Waals surface area (Å²) in [5.41, 5.74) is 0.487. The van der Waals surface area contributed by atoms with Crippen LogP contribution in [0.2, 0.25) is 15.1 Å². The first-order valence-corrected chi connectivity index (χ1v) is 10.5. The molecule has 1 heterocycles. The number of sulfonamides is 1. The Labute approximate surface area is 172 Å². The van der Waals surface area contributed by atoms with E-state index in [1.165, 1.54) is 42.2 Å². The van der Waals surface area contributed by atoms with E-state index < -0.39 is 10.0 Å². The SMILES string of the molecule is CC(=O)N1CC(C)Oc2ccc(S(=O)(=O)Nc3cc(Cl)c(Cl)cc3Cl)cc21. The molecule has 1 aliphatic rings. The highest BCUT2D eigenvalue weighted by molar-refractivity contribution is 7.92. The average Bonchev–Trinajstić information content (AvgIpc) is 2.58. The quantitative estimate of drug-likeness (QED) is 0.696. The van der Waals surface area contributed by atoms with Crippen molar-refractivity contribution in [3.8, 4) is 5.75 Å². The highest BCUT2D eigenvalue weighted by Gasteiger charge is 2.28. The van der Waals surface area contributed by atoms with Gasteiger partial charge in [0, 0.05) is 6.92 Å². The van der Waals surface area contributed by atoms with Crippen molar-refractivity contribution in [2.45, 2.75) is 24.8 Å². The second-order valence-electron chi connectivity index (χ2n) is 6.04. The van der Waals surface area contributed by atoms with Crippen molar-refractivity contribution in [3.05, 3.63) is 45.4 Å². The van der Waals surface area contributed by atoms with E-state index in [9.17, 15) is 13.2 Å². The predicted molar refractivity (Wildman–Crippen MR) is 107 cm³/mol. The van der Waals surface area contributed by atoms with Crippen molar-refractivity contribution in [3.63, 3.8) is 0 Å². The first-order valence-electron chi connectivity index (χ1n) is 7.84. The van der Waals surface area contributed by atoms with Crippen LogP contribution in [0.5, 0.6) is 5.75 Å². The molecular formula is C17H15Cl3N2O4S. The Morgan fingerprint density at radius 2 is 1.81 bits per heavy atom. The Hall–Kier alpha value is -1.67. The molecule has 1 unspecified atom stereocenters. The topological polar surface area (TPSA) is 75.7 Å². The van der Waals surface area contributed by atoms with Gasteiger partial charge < -0.3 is 9.64 Å². The smallest absolute Gasteiger partial charge is 0.262 e. The van der Waals surface area contributed by atoms with Crippen LogP contribution < -0.4 is 14.4 Å². The monoisotopic (exact) mass is 448 g/mol. The summed E-state index contributed by atoms with van der Waals surface area (Å²) < 4.78 is 33.6. The standard InChI is InChI=1S/C17H15Cl3N2O4S/c1-9-8-22(10(2)23)16-5-11(3-4-17(16)26-9)27(24,25)21-15-7-13(19)12(18)6-14(15)20/h3-7,9,21H,8H2,1-2H3. The molecule has 1 aliphatic heterocycles. The molecule has 2 aromatic carbocycles. The van der Waals surface area contributed by atoms with Crippen molar-refractivity contribution in [2.75, 3.05) is 16.2 Å². The molecule has 3 rings (SSSR count). The number of halogens is 3. The van der Waals surface area contributed by atoms with Crippen LogP contribution in [-0.4, -0.2) is 27.0 Å². The molecule has 0 aliphatic carbocycles. The van der Waals surface area contributed by atoms with Crippen LogP contribution in [0.25, 0.3) is 0 Å². The number of benzene rings is 2. The molecule has 1 N–H and O–H groups in total. The minimum Gasteiger partial charge on any atom is -0.487 e. The van der Waals surface area contributed by atoms with E-state index in [0.29, 0.717) is 18.0 Å². The van der Waals surface area contributed by atoms with Crippen LogP contribution in [-0.2, 0) is 14.8 Å². The number of anilines is 2. The van der Waals surface area contributed by atoms with E-state index in [-0.39, 0.29) is 37.7 Å². The van der Waals surface area contributed by atoms with E-state index in [2.05, 4.69) is 4.72 Å². The van der Waals surface area contributed by atoms with Crippen LogP contribution in [0.1, 0.15) is 13.8 Å². The zero-order valence-electron chi connectivity index (χ0n) is 14.3. The Morgan fingerprint density at radius 1 is 1.15 bits per heavy atom. The number of amides is 1. The Kier molecular flexibility index (Phi) is 5.49. The first kappa shape index (κ1) is 20.1. The second-order valence-corrected chi connectivity index (χ2v) is 8.94. The lowest BCUT2D eigenvalue weighted by atomic mass is 10.2. The van der Waals surface area contributed by atoms with Gasteiger partial charge in [0.2, 0.25) is 5.91 Å². The summed E-state index contributed by atoms with van der Waals surface area (Å²) in [5, 5.41) is 0.476. The van der Waals surface area contributed by atoms with Crippen molar-refractivity contribution >= 4 is 62.1 Å². The number of nitrogens with one attached hydrogen (secondary N) is 1. The van der Waals surface area contributed by atoms with E-state index in [1.807, 2.05) is 6.92 Å². The third kappa shape index (κ3) is 4.11. The maximum atomic E-state index is 12.8. The number of rotatable bonds is 3. The number of hydrogen-bond acceptors (Lipinski definition) is 4. The second kappa shape index (κ2) is 7.39. The van der Waals surface area contributed by atoms with Crippen molar-refractivity contribution in [1.82, 2.24) is 0 Å². The number of nitrogens with zero attached hydrogens (tertiary/aromatic N) is 1. The maximum absolute atomic E-state index is 12.8. The normalized spacial score (nSPS) is 16.5. The number of hydrogen-bond donors (Lipinski definition) is 1. The van der Waals surface area contributed by atoms with E-state index in [1.54, 1.807) is 0 Å². The molecule has 144 valence electrons. The summed E-state index contributed by atoms with van der Waals surface area (Å²) in [7, 11) is -3.99. The van der Waals surface area contributed by atoms with E-state index >= 15 is 0 Å². The molecule has 6 nitrogen and oxygen atoms in total. The van der Waals surface area contributed by atoms with Crippen molar-refractivity contribution < 1.29 is 17.9 Å². The van der Waals surface area contributed by atoms with Gasteiger partial charge in [0.25, 0.3) is 10.0 Å². The van der Waals surface area contributed by atoms with E-state index in [4.69, 9.17) is 39.5 Å². The van der Waals surface area contributed by atoms with Gasteiger partial charge in [-0.15, -0.1) is 0 Å². The average molecular weight is 450 g/mol. The number of fused-ring (bicyclic) bond motifs is 1. The van der Waals surface area contributed by atoms with Crippen LogP contribution in [0, 0.1) is 0 Å². The lowest BCUT2D eigenvalue weighted by Crippen LogP contribution is -2.41. The van der Waals surface area contributed by atoms with E-state index in [0.717, 1.165) is 0 Å². The third-order valence-corrected chi connectivity index (χ3v) is 6.33. The van der Waals surface area contributed by atoms with Crippen molar-refractivity contribution in [2.24, 2.45) is 0 Å². The predicted octanol–water partition coefficient (Wildman–Crippen LogP) is 4.58. The van der Waals surface area contributed by atoms with Gasteiger partial charge in [-0.3, -0.25) is 9.52 Å². The summed E-state index contributed by atoms with van der Waals surface area (Å²) >= 11 is 17.9. The minimum atomic E-state index is -3.99. The molecule has 0 radical (unpaired) electrons. The van der Waals surface area contributed by atoms with Gasteiger partial charge in [-0.2, -0.15) is 0 Å². The lowest BCUT2D eigenvalue weighted by Gasteiger charge is -2.33. The van der Waals surface area contributed by atoms with Gasteiger partial charge in [-0.1, -0.05) is 34.8 Å². The van der Waals surface area contributed by atoms with Crippen LogP contribution in [0.4, 0.5) is 11.4 Å². The van der Waals surface area contributed by atoms with Gasteiger partial charge in [0.05, 0.1) is 37.9 Å². The number of ether oxygens (including phenoxy) is 1. The minimum absolute atomic E-state index is 0.0483. The molecule has 0 aromatic heterocycles. The molecular weight excluding hydrogens is 435 g/mol. The zero-order chi connectivity index (χ0) is 19.9. The number of carbonyl (C=O) groups is 1. The summed E-state index contributed by atoms with van der Waals surface area (Å²) in [5.74, 6) is 0.233. The molecule has 1 atom stereocenters. The highest BCUT2D eigenvalue weighted by atomic mass is 35.5. The zero-order valence-corrected chi connectivity index (χ0v) is 17.4. The summed E-state index contributed by atoms with van der Waals surface area (Å²) in [4.78, 5) is 13.4. The first-order chi connectivity index (χ1) is 12.6. The molecule has 0 saturated heterocycles. The van der Waals surface area contributed by atoms with Gasteiger partial charge in [-0.25, -0.2) is 8.42 Å². The lowest BCUT2D eigenvalue weighted by molar-refractivity contribution is -0.117. The van der Waals surface area contributed by atoms with Gasteiger partial charge in [0.15, 0.2) is 0 Å². The Morgan fingerprint density at radius 3 is 2.48 bits per heavy atom. The Bertz CT molecular complexity index is 1030. The van der Waals surface area contributed by atoms with Gasteiger partial charge in [0.1, 0.15) is 11.9 Å². The molecule has 0 saturated carbocycles. The van der Waals surface area contributed by atoms with Crippen LogP contribution >= 0.6 is 34.8 Å². The summed E-state index contributed by atoms with van der Waals surface area (Å²) in [6.07, 6.45) is -0.197.